The van der Waals surface area contributed by atoms with E-state index in [4.69, 9.17) is 4.74 Å². The molecular weight excluding hydrogens is 230 g/mol. The summed E-state index contributed by atoms with van der Waals surface area (Å²) in [5.74, 6) is 1.64. The van der Waals surface area contributed by atoms with E-state index in [1.54, 1.807) is 11.8 Å². The van der Waals surface area contributed by atoms with Crippen LogP contribution >= 0.6 is 0 Å². The zero-order valence-electron chi connectivity index (χ0n) is 11.2. The number of methoxy groups -OCH3 is 1. The number of nitrogens with one attached hydrogen (secondary N) is 1. The van der Waals surface area contributed by atoms with Crippen LogP contribution in [-0.2, 0) is 11.8 Å². The van der Waals surface area contributed by atoms with Crippen LogP contribution in [0.3, 0.4) is 0 Å². The van der Waals surface area contributed by atoms with E-state index in [1.165, 1.54) is 0 Å². The molecule has 98 valence electrons. The molecule has 18 heavy (non-hydrogen) atoms. The van der Waals surface area contributed by atoms with Crippen molar-refractivity contribution in [1.29, 1.82) is 0 Å². The van der Waals surface area contributed by atoms with Gasteiger partial charge in [-0.3, -0.25) is 9.25 Å². The number of hydrogen-bond acceptors (Lipinski definition) is 4. The SMILES string of the molecule is COCC(C)Nc1nc(C)cn1-c1ccn(C)n1. The summed E-state index contributed by atoms with van der Waals surface area (Å²) in [5, 5.41) is 7.69. The highest BCUT2D eigenvalue weighted by Gasteiger charge is 2.11. The highest BCUT2D eigenvalue weighted by atomic mass is 16.5. The standard InChI is InChI=1S/C12H19N5O/c1-9-7-17(11-5-6-16(3)15-11)12(13-9)14-10(2)8-18-4/h5-7,10H,8H2,1-4H3,(H,13,14). The molecule has 0 fully saturated rings. The number of aromatic nitrogens is 4. The largest absolute Gasteiger partial charge is 0.383 e. The first-order valence-corrected chi connectivity index (χ1v) is 5.91. The van der Waals surface area contributed by atoms with Crippen LogP contribution in [0.4, 0.5) is 5.95 Å². The van der Waals surface area contributed by atoms with E-state index < -0.39 is 0 Å². The second-order valence-corrected chi connectivity index (χ2v) is 4.42. The molecule has 0 aliphatic carbocycles. The highest BCUT2D eigenvalue weighted by Crippen LogP contribution is 2.15. The van der Waals surface area contributed by atoms with E-state index in [0.29, 0.717) is 6.61 Å². The number of hydrogen-bond donors (Lipinski definition) is 1. The molecule has 0 saturated carbocycles. The molecule has 2 heterocycles. The van der Waals surface area contributed by atoms with Crippen molar-refractivity contribution in [2.24, 2.45) is 7.05 Å². The molecule has 6 nitrogen and oxygen atoms in total. The molecule has 0 radical (unpaired) electrons. The second kappa shape index (κ2) is 5.22. The van der Waals surface area contributed by atoms with Crippen LogP contribution < -0.4 is 5.32 Å². The van der Waals surface area contributed by atoms with Crippen LogP contribution in [0.25, 0.3) is 5.82 Å². The number of aryl methyl sites for hydroxylation is 2. The summed E-state index contributed by atoms with van der Waals surface area (Å²) in [6, 6.07) is 2.15. The lowest BCUT2D eigenvalue weighted by atomic mass is 10.4. The molecular formula is C12H19N5O. The van der Waals surface area contributed by atoms with Gasteiger partial charge in [0.15, 0.2) is 5.82 Å². The summed E-state index contributed by atoms with van der Waals surface area (Å²) in [5.41, 5.74) is 0.952. The van der Waals surface area contributed by atoms with Crippen LogP contribution in [0, 0.1) is 6.92 Å². The monoisotopic (exact) mass is 249 g/mol. The summed E-state index contributed by atoms with van der Waals surface area (Å²) < 4.78 is 8.83. The van der Waals surface area contributed by atoms with Crippen LogP contribution in [0.2, 0.25) is 0 Å². The minimum Gasteiger partial charge on any atom is -0.383 e. The van der Waals surface area contributed by atoms with Crippen LogP contribution in [0.1, 0.15) is 12.6 Å². The maximum absolute atomic E-state index is 5.11. The van der Waals surface area contributed by atoms with Gasteiger partial charge in [0.2, 0.25) is 5.95 Å². The van der Waals surface area contributed by atoms with E-state index in [-0.39, 0.29) is 6.04 Å². The quantitative estimate of drug-likeness (QED) is 0.869. The minimum atomic E-state index is 0.194. The Hall–Kier alpha value is -1.82. The zero-order valence-corrected chi connectivity index (χ0v) is 11.2. The molecule has 0 aromatic carbocycles. The lowest BCUT2D eigenvalue weighted by Crippen LogP contribution is -2.23. The predicted molar refractivity (Wildman–Crippen MR) is 70.0 cm³/mol. The van der Waals surface area contributed by atoms with Crippen molar-refractivity contribution < 1.29 is 4.74 Å². The van der Waals surface area contributed by atoms with Gasteiger partial charge in [0.1, 0.15) is 0 Å². The Labute approximate surface area is 107 Å². The van der Waals surface area contributed by atoms with Crippen LogP contribution in [0.5, 0.6) is 0 Å². The van der Waals surface area contributed by atoms with Gasteiger partial charge in [-0.05, 0) is 13.8 Å². The molecule has 0 aliphatic rings. The van der Waals surface area contributed by atoms with E-state index >= 15 is 0 Å². The first-order chi connectivity index (χ1) is 8.60. The van der Waals surface area contributed by atoms with Gasteiger partial charge in [-0.15, -0.1) is 0 Å². The van der Waals surface area contributed by atoms with Gasteiger partial charge in [-0.2, -0.15) is 5.10 Å². The van der Waals surface area contributed by atoms with E-state index in [9.17, 15) is 0 Å². The van der Waals surface area contributed by atoms with Gasteiger partial charge in [-0.1, -0.05) is 0 Å². The van der Waals surface area contributed by atoms with Crippen molar-refractivity contribution in [1.82, 2.24) is 19.3 Å². The molecule has 0 amide bonds. The molecule has 2 rings (SSSR count). The highest BCUT2D eigenvalue weighted by molar-refractivity contribution is 5.39. The Morgan fingerprint density at radius 2 is 2.28 bits per heavy atom. The summed E-state index contributed by atoms with van der Waals surface area (Å²) in [4.78, 5) is 4.47. The molecule has 1 N–H and O–H groups in total. The number of ether oxygens (including phenoxy) is 1. The molecule has 0 bridgehead atoms. The molecule has 1 unspecified atom stereocenters. The molecule has 2 aromatic rings. The van der Waals surface area contributed by atoms with E-state index in [1.807, 2.05) is 37.0 Å². The topological polar surface area (TPSA) is 56.9 Å². The van der Waals surface area contributed by atoms with Crippen molar-refractivity contribution in [3.8, 4) is 5.82 Å². The maximum Gasteiger partial charge on any atom is 0.209 e. The Bertz CT molecular complexity index is 516. The molecule has 0 spiro atoms. The summed E-state index contributed by atoms with van der Waals surface area (Å²) >= 11 is 0. The predicted octanol–water partition coefficient (Wildman–Crippen LogP) is 1.36. The lowest BCUT2D eigenvalue weighted by molar-refractivity contribution is 0.190. The van der Waals surface area contributed by atoms with Gasteiger partial charge in [-0.25, -0.2) is 4.98 Å². The zero-order chi connectivity index (χ0) is 13.1. The summed E-state index contributed by atoms with van der Waals surface area (Å²) in [6.07, 6.45) is 3.87. The van der Waals surface area contributed by atoms with Crippen molar-refractivity contribution in [3.63, 3.8) is 0 Å². The lowest BCUT2D eigenvalue weighted by Gasteiger charge is -2.13. The Morgan fingerprint density at radius 3 is 2.89 bits per heavy atom. The third-order valence-corrected chi connectivity index (χ3v) is 2.56. The smallest absolute Gasteiger partial charge is 0.209 e. The normalized spacial score (nSPS) is 12.7. The van der Waals surface area contributed by atoms with E-state index in [2.05, 4.69) is 22.3 Å². The Balaban J connectivity index is 2.25. The van der Waals surface area contributed by atoms with Crippen molar-refractivity contribution in [3.05, 3.63) is 24.2 Å². The fourth-order valence-electron chi connectivity index (χ4n) is 1.82. The van der Waals surface area contributed by atoms with Crippen LogP contribution in [-0.4, -0.2) is 39.1 Å². The van der Waals surface area contributed by atoms with E-state index in [0.717, 1.165) is 17.5 Å². The van der Waals surface area contributed by atoms with Crippen LogP contribution in [0.15, 0.2) is 18.5 Å². The third kappa shape index (κ3) is 2.70. The maximum atomic E-state index is 5.11. The molecule has 6 heteroatoms. The van der Waals surface area contributed by atoms with Gasteiger partial charge in [0.05, 0.1) is 12.3 Å². The molecule has 2 aromatic heterocycles. The molecule has 0 aliphatic heterocycles. The fraction of sp³-hybridized carbons (Fsp3) is 0.500. The average molecular weight is 249 g/mol. The number of nitrogens with zero attached hydrogens (tertiary/aromatic N) is 4. The first-order valence-electron chi connectivity index (χ1n) is 5.91. The Kier molecular flexibility index (Phi) is 3.66. The van der Waals surface area contributed by atoms with Gasteiger partial charge >= 0.3 is 0 Å². The fourth-order valence-corrected chi connectivity index (χ4v) is 1.82. The van der Waals surface area contributed by atoms with Crippen molar-refractivity contribution >= 4 is 5.95 Å². The van der Waals surface area contributed by atoms with Crippen molar-refractivity contribution in [2.75, 3.05) is 19.0 Å². The number of anilines is 1. The Morgan fingerprint density at radius 1 is 1.50 bits per heavy atom. The molecule has 0 saturated heterocycles. The minimum absolute atomic E-state index is 0.194. The molecule has 1 atom stereocenters. The summed E-state index contributed by atoms with van der Waals surface area (Å²) in [6.45, 7) is 4.65. The van der Waals surface area contributed by atoms with Gasteiger partial charge < -0.3 is 10.1 Å². The number of rotatable bonds is 5. The van der Waals surface area contributed by atoms with Gasteiger partial charge in [0, 0.05) is 38.7 Å². The second-order valence-electron chi connectivity index (χ2n) is 4.42. The third-order valence-electron chi connectivity index (χ3n) is 2.56. The number of imidazole rings is 1. The summed E-state index contributed by atoms with van der Waals surface area (Å²) in [7, 11) is 3.59. The first kappa shape index (κ1) is 12.6. The van der Waals surface area contributed by atoms with Crippen molar-refractivity contribution in [2.45, 2.75) is 19.9 Å². The van der Waals surface area contributed by atoms with Gasteiger partial charge in [0.25, 0.3) is 0 Å². The average Bonchev–Trinajstić information content (AvgIpc) is 2.85.